The molecule has 1 aromatic carbocycles. The molecule has 0 fully saturated rings. The molecular weight excluding hydrogens is 300 g/mol. The number of hydrogen-bond donors (Lipinski definition) is 0. The zero-order valence-corrected chi connectivity index (χ0v) is 15.0. The smallest absolute Gasteiger partial charge is 0.223 e. The van der Waals surface area contributed by atoms with Gasteiger partial charge >= 0.3 is 0 Å². The van der Waals surface area contributed by atoms with Crippen molar-refractivity contribution in [2.45, 2.75) is 45.7 Å². The first-order chi connectivity index (χ1) is 11.6. The van der Waals surface area contributed by atoms with Crippen LogP contribution in [0.5, 0.6) is 0 Å². The minimum Gasteiger partial charge on any atom is -0.467 e. The van der Waals surface area contributed by atoms with Crippen molar-refractivity contribution in [1.29, 1.82) is 0 Å². The van der Waals surface area contributed by atoms with Gasteiger partial charge in [0.25, 0.3) is 0 Å². The van der Waals surface area contributed by atoms with E-state index in [-0.39, 0.29) is 5.91 Å². The molecule has 4 nitrogen and oxygen atoms in total. The quantitative estimate of drug-likeness (QED) is 0.638. The summed E-state index contributed by atoms with van der Waals surface area (Å²) in [5.41, 5.74) is 2.29. The summed E-state index contributed by atoms with van der Waals surface area (Å²) in [7, 11) is 4.05. The lowest BCUT2D eigenvalue weighted by molar-refractivity contribution is -0.132. The predicted octanol–water partition coefficient (Wildman–Crippen LogP) is 4.45. The van der Waals surface area contributed by atoms with Crippen LogP contribution in [0.25, 0.3) is 0 Å². The molecule has 0 aliphatic rings. The summed E-state index contributed by atoms with van der Waals surface area (Å²) in [6.45, 7) is 3.28. The molecule has 24 heavy (non-hydrogen) atoms. The van der Waals surface area contributed by atoms with Crippen LogP contribution in [0.15, 0.2) is 47.1 Å². The molecule has 1 heterocycles. The molecule has 0 atom stereocenters. The Morgan fingerprint density at radius 1 is 1.04 bits per heavy atom. The maximum absolute atomic E-state index is 12.6. The van der Waals surface area contributed by atoms with Gasteiger partial charge in [-0.1, -0.05) is 31.9 Å². The highest BCUT2D eigenvalue weighted by Gasteiger charge is 2.15. The molecule has 0 saturated heterocycles. The summed E-state index contributed by atoms with van der Waals surface area (Å²) in [6.07, 6.45) is 5.42. The second kappa shape index (κ2) is 9.16. The number of carbonyl (C=O) groups is 1. The second-order valence-corrected chi connectivity index (χ2v) is 6.35. The van der Waals surface area contributed by atoms with Crippen molar-refractivity contribution in [3.8, 4) is 0 Å². The van der Waals surface area contributed by atoms with Gasteiger partial charge in [-0.2, -0.15) is 0 Å². The van der Waals surface area contributed by atoms with Gasteiger partial charge < -0.3 is 14.2 Å². The third kappa shape index (κ3) is 5.44. The first-order valence-electron chi connectivity index (χ1n) is 8.66. The lowest BCUT2D eigenvalue weighted by Gasteiger charge is -2.22. The maximum Gasteiger partial charge on any atom is 0.223 e. The van der Waals surface area contributed by atoms with E-state index in [1.54, 1.807) is 6.26 Å². The minimum absolute atomic E-state index is 0.191. The summed E-state index contributed by atoms with van der Waals surface area (Å²) in [5, 5.41) is 0. The van der Waals surface area contributed by atoms with E-state index < -0.39 is 0 Å². The minimum atomic E-state index is 0.191. The largest absolute Gasteiger partial charge is 0.467 e. The fourth-order valence-electron chi connectivity index (χ4n) is 2.63. The highest BCUT2D eigenvalue weighted by molar-refractivity contribution is 5.76. The van der Waals surface area contributed by atoms with Crippen LogP contribution >= 0.6 is 0 Å². The van der Waals surface area contributed by atoms with Crippen LogP contribution in [0, 0.1) is 0 Å². The molecule has 130 valence electrons. The highest BCUT2D eigenvalue weighted by atomic mass is 16.3. The van der Waals surface area contributed by atoms with Crippen LogP contribution < -0.4 is 4.90 Å². The number of unbranched alkanes of at least 4 members (excludes halogenated alkanes) is 2. The van der Waals surface area contributed by atoms with Crippen LogP contribution in [-0.4, -0.2) is 24.9 Å². The summed E-state index contributed by atoms with van der Waals surface area (Å²) in [5.74, 6) is 1.01. The highest BCUT2D eigenvalue weighted by Crippen LogP contribution is 2.17. The molecule has 4 heteroatoms. The first-order valence-corrected chi connectivity index (χ1v) is 8.66. The summed E-state index contributed by atoms with van der Waals surface area (Å²) < 4.78 is 5.43. The number of nitrogens with zero attached hydrogens (tertiary/aromatic N) is 2. The van der Waals surface area contributed by atoms with Gasteiger partial charge in [-0.05, 0) is 36.2 Å². The SMILES string of the molecule is CCCCCC(=O)N(Cc1ccc(N(C)C)cc1)Cc1ccco1. The van der Waals surface area contributed by atoms with Gasteiger partial charge in [0.2, 0.25) is 5.91 Å². The number of furan rings is 1. The monoisotopic (exact) mass is 328 g/mol. The molecule has 0 saturated carbocycles. The van der Waals surface area contributed by atoms with Crippen molar-refractivity contribution < 1.29 is 9.21 Å². The predicted molar refractivity (Wildman–Crippen MR) is 97.9 cm³/mol. The van der Waals surface area contributed by atoms with Crippen molar-refractivity contribution >= 4 is 11.6 Å². The van der Waals surface area contributed by atoms with Crippen molar-refractivity contribution in [1.82, 2.24) is 4.90 Å². The molecule has 0 unspecified atom stereocenters. The Labute approximate surface area is 145 Å². The van der Waals surface area contributed by atoms with Crippen LogP contribution in [-0.2, 0) is 17.9 Å². The van der Waals surface area contributed by atoms with E-state index >= 15 is 0 Å². The standard InChI is InChI=1S/C20H28N2O2/c1-4-5-6-9-20(23)22(16-19-8-7-14-24-19)15-17-10-12-18(13-11-17)21(2)3/h7-8,10-14H,4-6,9,15-16H2,1-3H3. The summed E-state index contributed by atoms with van der Waals surface area (Å²) in [6, 6.07) is 12.1. The molecular formula is C20H28N2O2. The number of hydrogen-bond acceptors (Lipinski definition) is 3. The molecule has 0 N–H and O–H groups in total. The Kier molecular flexibility index (Phi) is 6.91. The topological polar surface area (TPSA) is 36.7 Å². The molecule has 0 bridgehead atoms. The van der Waals surface area contributed by atoms with Gasteiger partial charge in [-0.3, -0.25) is 4.79 Å². The molecule has 2 rings (SSSR count). The number of rotatable bonds is 9. The molecule has 0 spiro atoms. The van der Waals surface area contributed by atoms with Crippen LogP contribution in [0.4, 0.5) is 5.69 Å². The van der Waals surface area contributed by atoms with Crippen molar-refractivity contribution in [3.05, 3.63) is 54.0 Å². The number of carbonyl (C=O) groups excluding carboxylic acids is 1. The summed E-state index contributed by atoms with van der Waals surface area (Å²) >= 11 is 0. The molecule has 1 aromatic heterocycles. The van der Waals surface area contributed by atoms with Crippen LogP contribution in [0.1, 0.15) is 43.9 Å². The van der Waals surface area contributed by atoms with E-state index in [9.17, 15) is 4.79 Å². The lowest BCUT2D eigenvalue weighted by Crippen LogP contribution is -2.29. The van der Waals surface area contributed by atoms with Crippen LogP contribution in [0.3, 0.4) is 0 Å². The Morgan fingerprint density at radius 2 is 1.79 bits per heavy atom. The van der Waals surface area contributed by atoms with Gasteiger partial charge in [0.1, 0.15) is 5.76 Å². The molecule has 0 aliphatic carbocycles. The van der Waals surface area contributed by atoms with E-state index in [1.165, 1.54) is 0 Å². The fourth-order valence-corrected chi connectivity index (χ4v) is 2.63. The third-order valence-corrected chi connectivity index (χ3v) is 4.10. The van der Waals surface area contributed by atoms with E-state index in [0.29, 0.717) is 19.5 Å². The average molecular weight is 328 g/mol. The van der Waals surface area contributed by atoms with Gasteiger partial charge in [-0.25, -0.2) is 0 Å². The molecule has 1 amide bonds. The summed E-state index contributed by atoms with van der Waals surface area (Å²) in [4.78, 5) is 16.6. The molecule has 0 aliphatic heterocycles. The Bertz CT molecular complexity index is 603. The van der Waals surface area contributed by atoms with Crippen LogP contribution in [0.2, 0.25) is 0 Å². The third-order valence-electron chi connectivity index (χ3n) is 4.10. The Hall–Kier alpha value is -2.23. The maximum atomic E-state index is 12.6. The van der Waals surface area contributed by atoms with Crippen molar-refractivity contribution in [2.24, 2.45) is 0 Å². The van der Waals surface area contributed by atoms with E-state index in [1.807, 2.05) is 31.1 Å². The fraction of sp³-hybridized carbons (Fsp3) is 0.450. The number of anilines is 1. The van der Waals surface area contributed by atoms with Gasteiger partial charge in [0, 0.05) is 32.7 Å². The van der Waals surface area contributed by atoms with E-state index in [0.717, 1.165) is 36.3 Å². The van der Waals surface area contributed by atoms with Crippen molar-refractivity contribution in [3.63, 3.8) is 0 Å². The van der Waals surface area contributed by atoms with Gasteiger partial charge in [0.15, 0.2) is 0 Å². The molecule has 0 radical (unpaired) electrons. The average Bonchev–Trinajstić information content (AvgIpc) is 3.08. The Balaban J connectivity index is 2.05. The van der Waals surface area contributed by atoms with Gasteiger partial charge in [0.05, 0.1) is 12.8 Å². The number of benzene rings is 1. The normalized spacial score (nSPS) is 10.6. The van der Waals surface area contributed by atoms with E-state index in [2.05, 4.69) is 36.1 Å². The number of amides is 1. The molecule has 2 aromatic rings. The Morgan fingerprint density at radius 3 is 2.38 bits per heavy atom. The lowest BCUT2D eigenvalue weighted by atomic mass is 10.1. The zero-order valence-electron chi connectivity index (χ0n) is 15.0. The van der Waals surface area contributed by atoms with E-state index in [4.69, 9.17) is 4.42 Å². The van der Waals surface area contributed by atoms with Gasteiger partial charge in [-0.15, -0.1) is 0 Å². The first kappa shape index (κ1) is 18.1. The van der Waals surface area contributed by atoms with Crippen molar-refractivity contribution in [2.75, 3.05) is 19.0 Å². The zero-order chi connectivity index (χ0) is 17.4. The second-order valence-electron chi connectivity index (χ2n) is 6.35.